The Labute approximate surface area is 156 Å². The molecule has 0 N–H and O–H groups in total. The van der Waals surface area contributed by atoms with E-state index in [1.54, 1.807) is 11.0 Å². The van der Waals surface area contributed by atoms with Crippen LogP contribution in [0.1, 0.15) is 16.1 Å². The summed E-state index contributed by atoms with van der Waals surface area (Å²) >= 11 is 3.44. The van der Waals surface area contributed by atoms with Gasteiger partial charge in [-0.3, -0.25) is 18.7 Å². The molecule has 7 nitrogen and oxygen atoms in total. The predicted molar refractivity (Wildman–Crippen MR) is 102 cm³/mol. The van der Waals surface area contributed by atoms with Crippen molar-refractivity contribution in [3.63, 3.8) is 0 Å². The summed E-state index contributed by atoms with van der Waals surface area (Å²) in [7, 11) is 2.95. The van der Waals surface area contributed by atoms with E-state index in [9.17, 15) is 14.4 Å². The van der Waals surface area contributed by atoms with Crippen molar-refractivity contribution in [1.29, 1.82) is 0 Å². The highest BCUT2D eigenvalue weighted by Crippen LogP contribution is 2.31. The van der Waals surface area contributed by atoms with Gasteiger partial charge >= 0.3 is 5.69 Å². The molecule has 0 bridgehead atoms. The van der Waals surface area contributed by atoms with Gasteiger partial charge in [0, 0.05) is 30.8 Å². The molecule has 0 unspecified atom stereocenters. The quantitative estimate of drug-likeness (QED) is 0.605. The minimum absolute atomic E-state index is 0.205. The van der Waals surface area contributed by atoms with Crippen LogP contribution in [0.4, 0.5) is 5.69 Å². The molecular formula is C18H15BrN4O3. The summed E-state index contributed by atoms with van der Waals surface area (Å²) < 4.78 is 3.28. The van der Waals surface area contributed by atoms with Crippen molar-refractivity contribution in [3.05, 3.63) is 66.9 Å². The summed E-state index contributed by atoms with van der Waals surface area (Å²) in [6.07, 6.45) is 0.771. The van der Waals surface area contributed by atoms with Crippen molar-refractivity contribution >= 4 is 38.6 Å². The summed E-state index contributed by atoms with van der Waals surface area (Å²) in [5, 5.41) is 0.303. The van der Waals surface area contributed by atoms with Crippen molar-refractivity contribution in [2.24, 2.45) is 14.1 Å². The number of rotatable bonds is 1. The first kappa shape index (κ1) is 16.7. The van der Waals surface area contributed by atoms with E-state index >= 15 is 0 Å². The van der Waals surface area contributed by atoms with Gasteiger partial charge in [-0.2, -0.15) is 0 Å². The molecule has 2 aromatic heterocycles. The van der Waals surface area contributed by atoms with E-state index in [4.69, 9.17) is 0 Å². The van der Waals surface area contributed by atoms with Gasteiger partial charge in [0.15, 0.2) is 0 Å². The number of carbonyl (C=O) groups is 1. The highest BCUT2D eigenvalue weighted by Gasteiger charge is 2.27. The molecular weight excluding hydrogens is 400 g/mol. The van der Waals surface area contributed by atoms with Crippen LogP contribution >= 0.6 is 15.9 Å². The minimum Gasteiger partial charge on any atom is -0.306 e. The lowest BCUT2D eigenvalue weighted by atomic mass is 10.2. The van der Waals surface area contributed by atoms with Crippen molar-refractivity contribution in [3.8, 4) is 0 Å². The van der Waals surface area contributed by atoms with Gasteiger partial charge in [0.1, 0.15) is 11.3 Å². The molecule has 4 rings (SSSR count). The lowest BCUT2D eigenvalue weighted by Crippen LogP contribution is -2.37. The summed E-state index contributed by atoms with van der Waals surface area (Å²) in [6.45, 7) is 0.569. The number of aryl methyl sites for hydroxylation is 1. The van der Waals surface area contributed by atoms with Crippen molar-refractivity contribution in [2.75, 3.05) is 11.4 Å². The molecule has 3 heterocycles. The SMILES string of the molecule is Cn1c(=O)c2ccc(C(=O)N3CCc4cc(Br)ccc43)nc2n(C)c1=O. The summed E-state index contributed by atoms with van der Waals surface area (Å²) in [5.74, 6) is -0.249. The van der Waals surface area contributed by atoms with E-state index < -0.39 is 11.2 Å². The number of anilines is 1. The second-order valence-electron chi connectivity index (χ2n) is 6.25. The first-order valence-corrected chi connectivity index (χ1v) is 8.85. The van der Waals surface area contributed by atoms with E-state index in [0.29, 0.717) is 11.9 Å². The van der Waals surface area contributed by atoms with Gasteiger partial charge in [-0.15, -0.1) is 0 Å². The van der Waals surface area contributed by atoms with E-state index in [2.05, 4.69) is 20.9 Å². The minimum atomic E-state index is -0.476. The van der Waals surface area contributed by atoms with E-state index in [0.717, 1.165) is 26.7 Å². The zero-order chi connectivity index (χ0) is 18.6. The number of nitrogens with zero attached hydrogens (tertiary/aromatic N) is 4. The van der Waals surface area contributed by atoms with Gasteiger partial charge in [0.2, 0.25) is 0 Å². The number of hydrogen-bond donors (Lipinski definition) is 0. The monoisotopic (exact) mass is 414 g/mol. The Kier molecular flexibility index (Phi) is 3.80. The Morgan fingerprint density at radius 3 is 2.65 bits per heavy atom. The highest BCUT2D eigenvalue weighted by atomic mass is 79.9. The molecule has 1 aliphatic rings. The predicted octanol–water partition coefficient (Wildman–Crippen LogP) is 1.60. The zero-order valence-electron chi connectivity index (χ0n) is 14.2. The summed E-state index contributed by atoms with van der Waals surface area (Å²) in [6, 6.07) is 8.88. The first-order valence-electron chi connectivity index (χ1n) is 8.05. The molecule has 0 saturated carbocycles. The van der Waals surface area contributed by atoms with Crippen molar-refractivity contribution in [1.82, 2.24) is 14.1 Å². The molecule has 3 aromatic rings. The van der Waals surface area contributed by atoms with Gasteiger partial charge in [-0.25, -0.2) is 9.78 Å². The molecule has 8 heteroatoms. The lowest BCUT2D eigenvalue weighted by Gasteiger charge is -2.17. The number of halogens is 1. The topological polar surface area (TPSA) is 77.2 Å². The highest BCUT2D eigenvalue weighted by molar-refractivity contribution is 9.10. The Morgan fingerprint density at radius 2 is 1.88 bits per heavy atom. The fourth-order valence-corrected chi connectivity index (χ4v) is 3.70. The number of amides is 1. The fraction of sp³-hybridized carbons (Fsp3) is 0.222. The van der Waals surface area contributed by atoms with E-state index in [1.165, 1.54) is 24.7 Å². The first-order chi connectivity index (χ1) is 12.4. The van der Waals surface area contributed by atoms with Gasteiger partial charge in [-0.05, 0) is 42.3 Å². The maximum absolute atomic E-state index is 13.0. The van der Waals surface area contributed by atoms with Crippen LogP contribution < -0.4 is 16.1 Å². The van der Waals surface area contributed by atoms with Crippen LogP contribution in [-0.4, -0.2) is 26.6 Å². The molecule has 0 atom stereocenters. The number of benzene rings is 1. The molecule has 1 amide bonds. The average molecular weight is 415 g/mol. The molecule has 26 heavy (non-hydrogen) atoms. The third-order valence-corrected chi connectivity index (χ3v) is 5.20. The maximum Gasteiger partial charge on any atom is 0.332 e. The van der Waals surface area contributed by atoms with Crippen molar-refractivity contribution < 1.29 is 4.79 Å². The number of hydrogen-bond acceptors (Lipinski definition) is 4. The van der Waals surface area contributed by atoms with E-state index in [1.807, 2.05) is 18.2 Å². The molecule has 0 aliphatic carbocycles. The molecule has 0 radical (unpaired) electrons. The maximum atomic E-state index is 13.0. The summed E-state index contributed by atoms with van der Waals surface area (Å²) in [4.78, 5) is 43.3. The smallest absolute Gasteiger partial charge is 0.306 e. The second-order valence-corrected chi connectivity index (χ2v) is 7.17. The van der Waals surface area contributed by atoms with Gasteiger partial charge < -0.3 is 4.90 Å². The number of pyridine rings is 1. The molecule has 132 valence electrons. The zero-order valence-corrected chi connectivity index (χ0v) is 15.8. The van der Waals surface area contributed by atoms with Gasteiger partial charge in [0.05, 0.1) is 5.39 Å². The van der Waals surface area contributed by atoms with E-state index in [-0.39, 0.29) is 17.2 Å². The third-order valence-electron chi connectivity index (χ3n) is 4.70. The normalized spacial score (nSPS) is 13.3. The number of carbonyl (C=O) groups excluding carboxylic acids is 1. The summed E-state index contributed by atoms with van der Waals surface area (Å²) in [5.41, 5.74) is 1.46. The Morgan fingerprint density at radius 1 is 1.12 bits per heavy atom. The molecule has 0 fully saturated rings. The largest absolute Gasteiger partial charge is 0.332 e. The lowest BCUT2D eigenvalue weighted by molar-refractivity contribution is 0.0985. The molecule has 0 saturated heterocycles. The Balaban J connectivity index is 1.83. The van der Waals surface area contributed by atoms with Crippen LogP contribution in [0.2, 0.25) is 0 Å². The average Bonchev–Trinajstić information content (AvgIpc) is 3.06. The number of aromatic nitrogens is 3. The van der Waals surface area contributed by atoms with Crippen LogP contribution in [0.5, 0.6) is 0 Å². The third kappa shape index (κ3) is 2.40. The molecule has 0 spiro atoms. The van der Waals surface area contributed by atoms with Crippen LogP contribution in [0.3, 0.4) is 0 Å². The van der Waals surface area contributed by atoms with Crippen LogP contribution in [0.15, 0.2) is 44.4 Å². The van der Waals surface area contributed by atoms with Crippen LogP contribution in [0, 0.1) is 0 Å². The van der Waals surface area contributed by atoms with Crippen molar-refractivity contribution in [2.45, 2.75) is 6.42 Å². The molecule has 1 aliphatic heterocycles. The van der Waals surface area contributed by atoms with Crippen LogP contribution in [0.25, 0.3) is 11.0 Å². The Bertz CT molecular complexity index is 1200. The second kappa shape index (κ2) is 5.91. The molecule has 1 aromatic carbocycles. The van der Waals surface area contributed by atoms with Gasteiger partial charge in [0.25, 0.3) is 11.5 Å². The van der Waals surface area contributed by atoms with Gasteiger partial charge in [-0.1, -0.05) is 15.9 Å². The standard InChI is InChI=1S/C18H15BrN4O3/c1-21-15-12(16(24)22(2)18(21)26)4-5-13(20-15)17(25)23-8-7-10-9-11(19)3-6-14(10)23/h3-6,9H,7-8H2,1-2H3. The fourth-order valence-electron chi connectivity index (χ4n) is 3.29. The Hall–Kier alpha value is -2.74. The van der Waals surface area contributed by atoms with Crippen LogP contribution in [-0.2, 0) is 20.5 Å². The number of fused-ring (bicyclic) bond motifs is 2.